The molecule has 0 fully saturated rings. The Morgan fingerprint density at radius 2 is 2.17 bits per heavy atom. The smallest absolute Gasteiger partial charge is 0.183 e. The normalized spacial score (nSPS) is 12.4. The fourth-order valence-electron chi connectivity index (χ4n) is 1.58. The third-order valence-corrected chi connectivity index (χ3v) is 2.77. The van der Waals surface area contributed by atoms with Gasteiger partial charge in [0.2, 0.25) is 0 Å². The molecule has 3 nitrogen and oxygen atoms in total. The highest BCUT2D eigenvalue weighted by Gasteiger charge is 2.18. The minimum atomic E-state index is -0.596. The van der Waals surface area contributed by atoms with Gasteiger partial charge in [0.1, 0.15) is 11.5 Å². The van der Waals surface area contributed by atoms with Crippen LogP contribution in [0.3, 0.4) is 0 Å². The number of furan rings is 1. The number of ether oxygens (including phenoxy) is 1. The third kappa shape index (κ3) is 2.66. The molecule has 0 aliphatic rings. The van der Waals surface area contributed by atoms with Gasteiger partial charge in [-0.3, -0.25) is 0 Å². The SMILES string of the molecule is Cc1ccc(C(CN)Oc2cccc(Cl)c2F)o1. The highest BCUT2D eigenvalue weighted by atomic mass is 35.5. The summed E-state index contributed by atoms with van der Waals surface area (Å²) in [7, 11) is 0. The molecule has 0 bridgehead atoms. The first-order valence-electron chi connectivity index (χ1n) is 5.49. The lowest BCUT2D eigenvalue weighted by Crippen LogP contribution is -2.18. The molecule has 0 aliphatic heterocycles. The molecule has 2 rings (SSSR count). The molecular weight excluding hydrogens is 257 g/mol. The third-order valence-electron chi connectivity index (χ3n) is 2.48. The monoisotopic (exact) mass is 269 g/mol. The number of rotatable bonds is 4. The van der Waals surface area contributed by atoms with Crippen LogP contribution in [0.15, 0.2) is 34.7 Å². The van der Waals surface area contributed by atoms with Gasteiger partial charge in [0, 0.05) is 6.54 Å². The Hall–Kier alpha value is -1.52. The van der Waals surface area contributed by atoms with E-state index in [1.54, 1.807) is 18.2 Å². The Morgan fingerprint density at radius 1 is 1.39 bits per heavy atom. The summed E-state index contributed by atoms with van der Waals surface area (Å²) >= 11 is 5.68. The van der Waals surface area contributed by atoms with Crippen molar-refractivity contribution in [3.05, 3.63) is 52.7 Å². The zero-order valence-corrected chi connectivity index (χ0v) is 10.6. The maximum absolute atomic E-state index is 13.7. The lowest BCUT2D eigenvalue weighted by Gasteiger charge is -2.16. The summed E-state index contributed by atoms with van der Waals surface area (Å²) in [5.74, 6) is 0.779. The van der Waals surface area contributed by atoms with Gasteiger partial charge in [-0.2, -0.15) is 0 Å². The van der Waals surface area contributed by atoms with Crippen molar-refractivity contribution >= 4 is 11.6 Å². The topological polar surface area (TPSA) is 48.4 Å². The molecule has 0 saturated carbocycles. The van der Waals surface area contributed by atoms with Crippen LogP contribution in [0.5, 0.6) is 5.75 Å². The van der Waals surface area contributed by atoms with Gasteiger partial charge in [-0.1, -0.05) is 17.7 Å². The summed E-state index contributed by atoms with van der Waals surface area (Å²) in [6.07, 6.45) is -0.535. The molecule has 96 valence electrons. The number of hydrogen-bond acceptors (Lipinski definition) is 3. The Bertz CT molecular complexity index is 542. The summed E-state index contributed by atoms with van der Waals surface area (Å²) in [6, 6.07) is 8.13. The van der Waals surface area contributed by atoms with E-state index in [-0.39, 0.29) is 17.3 Å². The second-order valence-electron chi connectivity index (χ2n) is 3.84. The van der Waals surface area contributed by atoms with Gasteiger partial charge in [0.05, 0.1) is 5.02 Å². The van der Waals surface area contributed by atoms with Gasteiger partial charge in [-0.15, -0.1) is 0 Å². The number of nitrogens with two attached hydrogens (primary N) is 1. The Balaban J connectivity index is 2.23. The fourth-order valence-corrected chi connectivity index (χ4v) is 1.74. The minimum Gasteiger partial charge on any atom is -0.478 e. The van der Waals surface area contributed by atoms with Crippen LogP contribution in [0.25, 0.3) is 0 Å². The molecule has 2 N–H and O–H groups in total. The van der Waals surface area contributed by atoms with Gasteiger partial charge in [0.15, 0.2) is 17.7 Å². The summed E-state index contributed by atoms with van der Waals surface area (Å²) < 4.78 is 24.6. The molecule has 0 amide bonds. The molecule has 1 aromatic carbocycles. The molecule has 1 unspecified atom stereocenters. The zero-order valence-electron chi connectivity index (χ0n) is 9.82. The van der Waals surface area contributed by atoms with E-state index in [2.05, 4.69) is 0 Å². The van der Waals surface area contributed by atoms with Crippen molar-refractivity contribution in [1.82, 2.24) is 0 Å². The van der Waals surface area contributed by atoms with Crippen LogP contribution in [-0.4, -0.2) is 6.54 Å². The number of aryl methyl sites for hydroxylation is 1. The van der Waals surface area contributed by atoms with E-state index in [0.717, 1.165) is 5.76 Å². The summed E-state index contributed by atoms with van der Waals surface area (Å²) in [4.78, 5) is 0. The number of halogens is 2. The largest absolute Gasteiger partial charge is 0.478 e. The maximum Gasteiger partial charge on any atom is 0.183 e. The Morgan fingerprint density at radius 3 is 2.78 bits per heavy atom. The molecule has 0 aliphatic carbocycles. The molecule has 0 saturated heterocycles. The van der Waals surface area contributed by atoms with Gasteiger partial charge < -0.3 is 14.9 Å². The van der Waals surface area contributed by atoms with Crippen LogP contribution in [0.2, 0.25) is 5.02 Å². The highest BCUT2D eigenvalue weighted by Crippen LogP contribution is 2.28. The van der Waals surface area contributed by atoms with E-state index in [1.807, 2.05) is 6.92 Å². The molecule has 1 aromatic heterocycles. The van der Waals surface area contributed by atoms with Crippen molar-refractivity contribution in [3.63, 3.8) is 0 Å². The molecule has 0 spiro atoms. The van der Waals surface area contributed by atoms with Crippen molar-refractivity contribution in [2.24, 2.45) is 5.73 Å². The summed E-state index contributed by atoms with van der Waals surface area (Å²) in [5, 5.41) is 0.0129. The zero-order chi connectivity index (χ0) is 13.1. The molecular formula is C13H13ClFNO2. The first kappa shape index (κ1) is 12.9. The molecule has 2 aromatic rings. The van der Waals surface area contributed by atoms with Crippen LogP contribution in [0.1, 0.15) is 17.6 Å². The van der Waals surface area contributed by atoms with Gasteiger partial charge in [-0.25, -0.2) is 4.39 Å². The second kappa shape index (κ2) is 5.42. The van der Waals surface area contributed by atoms with Crippen molar-refractivity contribution < 1.29 is 13.5 Å². The fraction of sp³-hybridized carbons (Fsp3) is 0.231. The lowest BCUT2D eigenvalue weighted by molar-refractivity contribution is 0.175. The van der Waals surface area contributed by atoms with Gasteiger partial charge in [0.25, 0.3) is 0 Å². The first-order valence-corrected chi connectivity index (χ1v) is 5.86. The number of benzene rings is 1. The van der Waals surface area contributed by atoms with Crippen LogP contribution >= 0.6 is 11.6 Å². The first-order chi connectivity index (χ1) is 8.61. The predicted molar refractivity (Wildman–Crippen MR) is 67.3 cm³/mol. The van der Waals surface area contributed by atoms with Crippen LogP contribution < -0.4 is 10.5 Å². The van der Waals surface area contributed by atoms with Crippen LogP contribution in [-0.2, 0) is 0 Å². The Kier molecular flexibility index (Phi) is 3.89. The summed E-state index contributed by atoms with van der Waals surface area (Å²) in [5.41, 5.74) is 5.61. The van der Waals surface area contributed by atoms with Crippen molar-refractivity contribution in [3.8, 4) is 5.75 Å². The van der Waals surface area contributed by atoms with Crippen molar-refractivity contribution in [2.75, 3.05) is 6.54 Å². The molecule has 18 heavy (non-hydrogen) atoms. The molecule has 0 radical (unpaired) electrons. The molecule has 5 heteroatoms. The van der Waals surface area contributed by atoms with E-state index in [9.17, 15) is 4.39 Å². The van der Waals surface area contributed by atoms with Crippen molar-refractivity contribution in [2.45, 2.75) is 13.0 Å². The van der Waals surface area contributed by atoms with E-state index >= 15 is 0 Å². The molecule has 1 atom stereocenters. The predicted octanol–water partition coefficient (Wildman–Crippen LogP) is 3.46. The van der Waals surface area contributed by atoms with Crippen LogP contribution in [0.4, 0.5) is 4.39 Å². The molecule has 1 heterocycles. The lowest BCUT2D eigenvalue weighted by atomic mass is 10.2. The van der Waals surface area contributed by atoms with Crippen molar-refractivity contribution in [1.29, 1.82) is 0 Å². The van der Waals surface area contributed by atoms with Crippen LogP contribution in [0, 0.1) is 12.7 Å². The minimum absolute atomic E-state index is 0.0129. The van der Waals surface area contributed by atoms with Gasteiger partial charge in [-0.05, 0) is 31.2 Å². The van der Waals surface area contributed by atoms with E-state index in [1.165, 1.54) is 12.1 Å². The quantitative estimate of drug-likeness (QED) is 0.925. The summed E-state index contributed by atoms with van der Waals surface area (Å²) in [6.45, 7) is 2.00. The maximum atomic E-state index is 13.7. The standard InChI is InChI=1S/C13H13ClFNO2/c1-8-5-6-10(17-8)12(7-16)18-11-4-2-3-9(14)13(11)15/h2-6,12H,7,16H2,1H3. The average molecular weight is 270 g/mol. The second-order valence-corrected chi connectivity index (χ2v) is 4.25. The van der Waals surface area contributed by atoms with Gasteiger partial charge >= 0.3 is 0 Å². The van der Waals surface area contributed by atoms with E-state index in [0.29, 0.717) is 5.76 Å². The van der Waals surface area contributed by atoms with E-state index in [4.69, 9.17) is 26.5 Å². The number of hydrogen-bond donors (Lipinski definition) is 1. The van der Waals surface area contributed by atoms with E-state index < -0.39 is 11.9 Å². The Labute approximate surface area is 109 Å². The highest BCUT2D eigenvalue weighted by molar-refractivity contribution is 6.30. The average Bonchev–Trinajstić information content (AvgIpc) is 2.78.